The van der Waals surface area contributed by atoms with Gasteiger partial charge < -0.3 is 14.2 Å². The third kappa shape index (κ3) is 4.49. The lowest BCUT2D eigenvalue weighted by atomic mass is 10.2. The summed E-state index contributed by atoms with van der Waals surface area (Å²) in [5, 5.41) is 0. The molecular formula is C18H23F3N4O. The summed E-state index contributed by atoms with van der Waals surface area (Å²) in [4.78, 5) is 6.79. The number of nitrogens with zero attached hydrogens (tertiary/aromatic N) is 4. The molecule has 0 saturated carbocycles. The zero-order chi connectivity index (χ0) is 18.6. The lowest BCUT2D eigenvalue weighted by Gasteiger charge is -2.36. The summed E-state index contributed by atoms with van der Waals surface area (Å²) < 4.78 is 46.1. The average molecular weight is 368 g/mol. The van der Waals surface area contributed by atoms with Gasteiger partial charge in [0.2, 0.25) is 0 Å². The second kappa shape index (κ2) is 7.99. The highest BCUT2D eigenvalue weighted by atomic mass is 19.4. The van der Waals surface area contributed by atoms with E-state index in [1.54, 1.807) is 6.20 Å². The van der Waals surface area contributed by atoms with Crippen LogP contribution in [0.5, 0.6) is 5.75 Å². The van der Waals surface area contributed by atoms with Crippen molar-refractivity contribution in [1.82, 2.24) is 14.5 Å². The number of imidazole rings is 1. The van der Waals surface area contributed by atoms with Crippen molar-refractivity contribution in [2.24, 2.45) is 0 Å². The topological polar surface area (TPSA) is 33.5 Å². The summed E-state index contributed by atoms with van der Waals surface area (Å²) in [7, 11) is 0. The predicted molar refractivity (Wildman–Crippen MR) is 93.4 cm³/mol. The summed E-state index contributed by atoms with van der Waals surface area (Å²) in [6, 6.07) is 7.53. The number of ether oxygens (including phenoxy) is 1. The van der Waals surface area contributed by atoms with Crippen LogP contribution in [0.15, 0.2) is 36.7 Å². The molecule has 1 aliphatic rings. The number of anilines is 1. The highest BCUT2D eigenvalue weighted by Gasteiger charge is 2.38. The minimum Gasteiger partial charge on any atom is -0.492 e. The SMILES string of the molecule is CCc1nccn1CCOc1cccc(N2CCN(C(F)(F)F)CC2)c1. The molecule has 0 atom stereocenters. The van der Waals surface area contributed by atoms with Crippen LogP contribution in [0, 0.1) is 0 Å². The van der Waals surface area contributed by atoms with E-state index in [-0.39, 0.29) is 13.1 Å². The van der Waals surface area contributed by atoms with E-state index in [1.165, 1.54) is 0 Å². The Morgan fingerprint density at radius 2 is 1.92 bits per heavy atom. The number of piperazine rings is 1. The fourth-order valence-electron chi connectivity index (χ4n) is 3.11. The van der Waals surface area contributed by atoms with Crippen LogP contribution in [0.3, 0.4) is 0 Å². The zero-order valence-electron chi connectivity index (χ0n) is 14.7. The molecule has 1 fully saturated rings. The van der Waals surface area contributed by atoms with Gasteiger partial charge in [0.05, 0.1) is 6.54 Å². The van der Waals surface area contributed by atoms with Crippen molar-refractivity contribution in [2.45, 2.75) is 26.2 Å². The van der Waals surface area contributed by atoms with E-state index < -0.39 is 6.30 Å². The molecule has 1 aromatic heterocycles. The number of hydrogen-bond acceptors (Lipinski definition) is 4. The molecule has 0 aliphatic carbocycles. The first-order chi connectivity index (χ1) is 12.5. The van der Waals surface area contributed by atoms with E-state index in [0.717, 1.165) is 23.7 Å². The van der Waals surface area contributed by atoms with Crippen molar-refractivity contribution in [3.8, 4) is 5.75 Å². The van der Waals surface area contributed by atoms with Gasteiger partial charge in [0, 0.05) is 56.7 Å². The van der Waals surface area contributed by atoms with Crippen LogP contribution in [-0.2, 0) is 13.0 Å². The van der Waals surface area contributed by atoms with Gasteiger partial charge in [0.1, 0.15) is 18.2 Å². The first kappa shape index (κ1) is 18.6. The van der Waals surface area contributed by atoms with Crippen molar-refractivity contribution in [3.63, 3.8) is 0 Å². The molecule has 1 aliphatic heterocycles. The summed E-state index contributed by atoms with van der Waals surface area (Å²) >= 11 is 0. The van der Waals surface area contributed by atoms with Crippen LogP contribution in [0.1, 0.15) is 12.7 Å². The molecule has 0 amide bonds. The number of aryl methyl sites for hydroxylation is 1. The van der Waals surface area contributed by atoms with E-state index in [9.17, 15) is 13.2 Å². The smallest absolute Gasteiger partial charge is 0.460 e. The molecule has 0 bridgehead atoms. The van der Waals surface area contributed by atoms with Crippen LogP contribution in [0.4, 0.5) is 18.9 Å². The normalized spacial score (nSPS) is 16.1. The number of halogens is 3. The van der Waals surface area contributed by atoms with Crippen LogP contribution < -0.4 is 9.64 Å². The fourth-order valence-corrected chi connectivity index (χ4v) is 3.11. The average Bonchev–Trinajstić information content (AvgIpc) is 3.09. The minimum atomic E-state index is -4.25. The van der Waals surface area contributed by atoms with Crippen LogP contribution >= 0.6 is 0 Å². The maximum Gasteiger partial charge on any atom is 0.460 e. The van der Waals surface area contributed by atoms with E-state index in [1.807, 2.05) is 35.4 Å². The summed E-state index contributed by atoms with van der Waals surface area (Å²) in [5.41, 5.74) is 0.890. The molecule has 1 aromatic carbocycles. The van der Waals surface area contributed by atoms with Gasteiger partial charge in [-0.2, -0.15) is 13.2 Å². The van der Waals surface area contributed by atoms with E-state index in [0.29, 0.717) is 31.1 Å². The fraction of sp³-hybridized carbons (Fsp3) is 0.500. The lowest BCUT2D eigenvalue weighted by Crippen LogP contribution is -2.51. The molecule has 5 nitrogen and oxygen atoms in total. The third-order valence-corrected chi connectivity index (χ3v) is 4.54. The standard InChI is InChI=1S/C18H23F3N4O/c1-2-17-22-6-7-24(17)12-13-26-16-5-3-4-15(14-16)23-8-10-25(11-9-23)18(19,20)21/h3-7,14H,2,8-13H2,1H3. The molecule has 2 aromatic rings. The first-order valence-corrected chi connectivity index (χ1v) is 8.77. The predicted octanol–water partition coefficient (Wildman–Crippen LogP) is 3.17. The quantitative estimate of drug-likeness (QED) is 0.734. The van der Waals surface area contributed by atoms with Gasteiger partial charge in [-0.1, -0.05) is 13.0 Å². The second-order valence-electron chi connectivity index (χ2n) is 6.18. The maximum atomic E-state index is 12.7. The second-order valence-corrected chi connectivity index (χ2v) is 6.18. The first-order valence-electron chi connectivity index (χ1n) is 8.77. The Balaban J connectivity index is 1.54. The molecular weight excluding hydrogens is 345 g/mol. The number of alkyl halides is 3. The van der Waals surface area contributed by atoms with Gasteiger partial charge in [-0.15, -0.1) is 0 Å². The van der Waals surface area contributed by atoms with Crippen LogP contribution in [0.25, 0.3) is 0 Å². The van der Waals surface area contributed by atoms with E-state index in [2.05, 4.69) is 16.5 Å². The van der Waals surface area contributed by atoms with Gasteiger partial charge in [0.25, 0.3) is 0 Å². The van der Waals surface area contributed by atoms with Crippen LogP contribution in [0.2, 0.25) is 0 Å². The molecule has 0 N–H and O–H groups in total. The van der Waals surface area contributed by atoms with E-state index >= 15 is 0 Å². The highest BCUT2D eigenvalue weighted by Crippen LogP contribution is 2.26. The van der Waals surface area contributed by atoms with Crippen molar-refractivity contribution in [3.05, 3.63) is 42.5 Å². The van der Waals surface area contributed by atoms with Crippen molar-refractivity contribution in [2.75, 3.05) is 37.7 Å². The van der Waals surface area contributed by atoms with E-state index in [4.69, 9.17) is 4.74 Å². The van der Waals surface area contributed by atoms with Crippen molar-refractivity contribution >= 4 is 5.69 Å². The Labute approximate surface area is 151 Å². The Morgan fingerprint density at radius 3 is 2.62 bits per heavy atom. The number of hydrogen-bond donors (Lipinski definition) is 0. The molecule has 0 unspecified atom stereocenters. The summed E-state index contributed by atoms with van der Waals surface area (Å²) in [5.74, 6) is 1.74. The molecule has 1 saturated heterocycles. The largest absolute Gasteiger partial charge is 0.492 e. The molecule has 8 heteroatoms. The molecule has 0 radical (unpaired) electrons. The summed E-state index contributed by atoms with van der Waals surface area (Å²) in [6.07, 6.45) is 0.326. The summed E-state index contributed by atoms with van der Waals surface area (Å²) in [6.45, 7) is 3.92. The molecule has 0 spiro atoms. The Hall–Kier alpha value is -2.22. The van der Waals surface area contributed by atoms with Gasteiger partial charge in [-0.05, 0) is 12.1 Å². The maximum absolute atomic E-state index is 12.7. The van der Waals surface area contributed by atoms with Crippen molar-refractivity contribution < 1.29 is 17.9 Å². The Kier molecular flexibility index (Phi) is 5.70. The van der Waals surface area contributed by atoms with Crippen molar-refractivity contribution in [1.29, 1.82) is 0 Å². The van der Waals surface area contributed by atoms with Gasteiger partial charge in [-0.25, -0.2) is 9.88 Å². The lowest BCUT2D eigenvalue weighted by molar-refractivity contribution is -0.246. The minimum absolute atomic E-state index is 0.0188. The number of benzene rings is 1. The van der Waals surface area contributed by atoms with Gasteiger partial charge in [-0.3, -0.25) is 0 Å². The van der Waals surface area contributed by atoms with Crippen LogP contribution in [-0.4, -0.2) is 53.5 Å². The molecule has 2 heterocycles. The number of aromatic nitrogens is 2. The Bertz CT molecular complexity index is 708. The molecule has 3 rings (SSSR count). The molecule has 142 valence electrons. The monoisotopic (exact) mass is 368 g/mol. The number of rotatable bonds is 6. The highest BCUT2D eigenvalue weighted by molar-refractivity contribution is 5.51. The van der Waals surface area contributed by atoms with Gasteiger partial charge in [0.15, 0.2) is 0 Å². The van der Waals surface area contributed by atoms with Gasteiger partial charge >= 0.3 is 6.30 Å². The zero-order valence-corrected chi connectivity index (χ0v) is 14.7. The third-order valence-electron chi connectivity index (χ3n) is 4.54. The molecule has 26 heavy (non-hydrogen) atoms. The Morgan fingerprint density at radius 1 is 1.15 bits per heavy atom.